The predicted molar refractivity (Wildman–Crippen MR) is 88.8 cm³/mol. The maximum absolute atomic E-state index is 12.2. The number of nitro benzene ring substituents is 1. The largest absolute Gasteiger partial charge is 0.361 e. The summed E-state index contributed by atoms with van der Waals surface area (Å²) < 4.78 is 5.12. The molecule has 0 bridgehead atoms. The van der Waals surface area contributed by atoms with Gasteiger partial charge in [0.05, 0.1) is 17.0 Å². The lowest BCUT2D eigenvalue weighted by molar-refractivity contribution is -0.385. The molecule has 1 N–H and O–H groups in total. The molecule has 0 saturated carbocycles. The van der Waals surface area contributed by atoms with Gasteiger partial charge < -0.3 is 9.84 Å². The van der Waals surface area contributed by atoms with Crippen molar-refractivity contribution in [2.75, 3.05) is 0 Å². The quantitative estimate of drug-likeness (QED) is 0.648. The number of rotatable bonds is 6. The van der Waals surface area contributed by atoms with E-state index in [4.69, 9.17) is 4.52 Å². The fourth-order valence-electron chi connectivity index (χ4n) is 2.71. The van der Waals surface area contributed by atoms with Crippen LogP contribution in [0.5, 0.6) is 0 Å². The van der Waals surface area contributed by atoms with Crippen LogP contribution in [0.25, 0.3) is 0 Å². The Hall–Kier alpha value is -2.70. The fraction of sp³-hybridized carbons (Fsp3) is 0.412. The highest BCUT2D eigenvalue weighted by atomic mass is 16.6. The Balaban J connectivity index is 2.01. The zero-order valence-electron chi connectivity index (χ0n) is 14.3. The van der Waals surface area contributed by atoms with Gasteiger partial charge in [0.25, 0.3) is 5.69 Å². The lowest BCUT2D eigenvalue weighted by Gasteiger charge is -2.14. The maximum Gasteiger partial charge on any atom is 0.272 e. The van der Waals surface area contributed by atoms with E-state index in [1.54, 1.807) is 19.1 Å². The van der Waals surface area contributed by atoms with E-state index in [1.165, 1.54) is 6.07 Å². The zero-order valence-corrected chi connectivity index (χ0v) is 14.3. The van der Waals surface area contributed by atoms with E-state index < -0.39 is 4.92 Å². The highest BCUT2D eigenvalue weighted by molar-refractivity contribution is 5.79. The number of nitrogens with zero attached hydrogens (tertiary/aromatic N) is 2. The Morgan fingerprint density at radius 1 is 1.38 bits per heavy atom. The molecule has 2 rings (SSSR count). The van der Waals surface area contributed by atoms with Gasteiger partial charge in [-0.25, -0.2) is 0 Å². The van der Waals surface area contributed by atoms with Crippen LogP contribution in [0.15, 0.2) is 22.7 Å². The van der Waals surface area contributed by atoms with Crippen LogP contribution in [0.1, 0.15) is 35.1 Å². The second kappa shape index (κ2) is 7.25. The summed E-state index contributed by atoms with van der Waals surface area (Å²) in [4.78, 5) is 22.8. The second-order valence-electron chi connectivity index (χ2n) is 5.97. The van der Waals surface area contributed by atoms with Gasteiger partial charge in [0, 0.05) is 23.2 Å². The van der Waals surface area contributed by atoms with Crippen LogP contribution in [0.3, 0.4) is 0 Å². The molecule has 0 aliphatic rings. The van der Waals surface area contributed by atoms with Crippen molar-refractivity contribution < 1.29 is 14.2 Å². The van der Waals surface area contributed by atoms with Crippen LogP contribution in [0.2, 0.25) is 0 Å². The molecule has 2 aromatic rings. The first-order valence-electron chi connectivity index (χ1n) is 7.73. The van der Waals surface area contributed by atoms with Gasteiger partial charge in [-0.3, -0.25) is 14.9 Å². The number of hydrogen-bond acceptors (Lipinski definition) is 5. The minimum absolute atomic E-state index is 0.0315. The number of nitrogens with one attached hydrogen (secondary N) is 1. The number of amides is 1. The zero-order chi connectivity index (χ0) is 17.9. The molecule has 1 aromatic carbocycles. The summed E-state index contributed by atoms with van der Waals surface area (Å²) in [7, 11) is 0. The normalized spacial score (nSPS) is 12.0. The summed E-state index contributed by atoms with van der Waals surface area (Å²) in [5.41, 5.74) is 3.03. The average Bonchev–Trinajstić information content (AvgIpc) is 2.80. The number of aromatic nitrogens is 1. The summed E-state index contributed by atoms with van der Waals surface area (Å²) in [6.07, 6.45) is 0.736. The van der Waals surface area contributed by atoms with Crippen molar-refractivity contribution in [2.45, 2.75) is 46.6 Å². The molecular formula is C17H21N3O4. The van der Waals surface area contributed by atoms with Crippen molar-refractivity contribution in [2.24, 2.45) is 0 Å². The Labute approximate surface area is 140 Å². The maximum atomic E-state index is 12.2. The van der Waals surface area contributed by atoms with Crippen LogP contribution in [0.4, 0.5) is 5.69 Å². The molecule has 0 aliphatic heterocycles. The van der Waals surface area contributed by atoms with E-state index in [-0.39, 0.29) is 24.1 Å². The first-order valence-corrected chi connectivity index (χ1v) is 7.73. The summed E-state index contributed by atoms with van der Waals surface area (Å²) in [5, 5.41) is 17.8. The SMILES string of the molecule is Cc1noc(C)c1CC(C)NC(=O)Cc1cccc([N+](=O)[O-])c1C. The lowest BCUT2D eigenvalue weighted by atomic mass is 10.0. The Kier molecular flexibility index (Phi) is 5.33. The van der Waals surface area contributed by atoms with Gasteiger partial charge in [-0.05, 0) is 39.7 Å². The van der Waals surface area contributed by atoms with Crippen molar-refractivity contribution >= 4 is 11.6 Å². The summed E-state index contributed by atoms with van der Waals surface area (Å²) in [5.74, 6) is 0.584. The van der Waals surface area contributed by atoms with Gasteiger partial charge in [0.2, 0.25) is 5.91 Å². The first-order chi connectivity index (χ1) is 11.3. The van der Waals surface area contributed by atoms with Gasteiger partial charge in [-0.1, -0.05) is 17.3 Å². The minimum atomic E-state index is -0.434. The van der Waals surface area contributed by atoms with E-state index in [2.05, 4.69) is 10.5 Å². The Morgan fingerprint density at radius 2 is 2.08 bits per heavy atom. The first kappa shape index (κ1) is 17.7. The molecule has 0 spiro atoms. The average molecular weight is 331 g/mol. The third-order valence-electron chi connectivity index (χ3n) is 4.06. The van der Waals surface area contributed by atoms with Gasteiger partial charge in [-0.15, -0.1) is 0 Å². The van der Waals surface area contributed by atoms with Crippen LogP contribution in [-0.2, 0) is 17.6 Å². The number of benzene rings is 1. The molecule has 1 heterocycles. The van der Waals surface area contributed by atoms with Crippen LogP contribution < -0.4 is 5.32 Å². The Morgan fingerprint density at radius 3 is 2.67 bits per heavy atom. The third kappa shape index (κ3) is 3.98. The third-order valence-corrected chi connectivity index (χ3v) is 4.06. The monoisotopic (exact) mass is 331 g/mol. The van der Waals surface area contributed by atoms with Crippen molar-refractivity contribution in [1.29, 1.82) is 0 Å². The summed E-state index contributed by atoms with van der Waals surface area (Å²) in [6, 6.07) is 4.69. The van der Waals surface area contributed by atoms with E-state index in [1.807, 2.05) is 20.8 Å². The molecule has 1 unspecified atom stereocenters. The molecule has 1 amide bonds. The minimum Gasteiger partial charge on any atom is -0.361 e. The van der Waals surface area contributed by atoms with Gasteiger partial charge in [-0.2, -0.15) is 0 Å². The molecule has 7 heteroatoms. The van der Waals surface area contributed by atoms with Crippen molar-refractivity contribution in [3.05, 3.63) is 56.5 Å². The molecule has 0 radical (unpaired) electrons. The molecule has 128 valence electrons. The van der Waals surface area contributed by atoms with Crippen molar-refractivity contribution in [3.8, 4) is 0 Å². The van der Waals surface area contributed by atoms with E-state index in [0.717, 1.165) is 17.0 Å². The van der Waals surface area contributed by atoms with Gasteiger partial charge in [0.1, 0.15) is 5.76 Å². The molecular weight excluding hydrogens is 310 g/mol. The van der Waals surface area contributed by atoms with Crippen LogP contribution in [0, 0.1) is 30.9 Å². The molecule has 0 fully saturated rings. The molecule has 1 aromatic heterocycles. The fourth-order valence-corrected chi connectivity index (χ4v) is 2.71. The molecule has 0 saturated heterocycles. The number of aryl methyl sites for hydroxylation is 2. The highest BCUT2D eigenvalue weighted by Crippen LogP contribution is 2.21. The van der Waals surface area contributed by atoms with Gasteiger partial charge in [0.15, 0.2) is 0 Å². The number of carbonyl (C=O) groups excluding carboxylic acids is 1. The van der Waals surface area contributed by atoms with Crippen LogP contribution >= 0.6 is 0 Å². The lowest BCUT2D eigenvalue weighted by Crippen LogP contribution is -2.35. The summed E-state index contributed by atoms with van der Waals surface area (Å²) >= 11 is 0. The number of nitro groups is 1. The Bertz CT molecular complexity index is 748. The second-order valence-corrected chi connectivity index (χ2v) is 5.97. The van der Waals surface area contributed by atoms with Crippen molar-refractivity contribution in [1.82, 2.24) is 10.5 Å². The number of hydrogen-bond donors (Lipinski definition) is 1. The van der Waals surface area contributed by atoms with Crippen molar-refractivity contribution in [3.63, 3.8) is 0 Å². The summed E-state index contributed by atoms with van der Waals surface area (Å²) in [6.45, 7) is 7.28. The molecule has 24 heavy (non-hydrogen) atoms. The van der Waals surface area contributed by atoms with E-state index in [0.29, 0.717) is 17.5 Å². The van der Waals surface area contributed by atoms with Crippen LogP contribution in [-0.4, -0.2) is 22.0 Å². The molecule has 7 nitrogen and oxygen atoms in total. The smallest absolute Gasteiger partial charge is 0.272 e. The molecule has 1 atom stereocenters. The van der Waals surface area contributed by atoms with E-state index in [9.17, 15) is 14.9 Å². The number of carbonyl (C=O) groups is 1. The highest BCUT2D eigenvalue weighted by Gasteiger charge is 2.18. The predicted octanol–water partition coefficient (Wildman–Crippen LogP) is 2.80. The molecule has 0 aliphatic carbocycles. The van der Waals surface area contributed by atoms with E-state index >= 15 is 0 Å². The van der Waals surface area contributed by atoms with Gasteiger partial charge >= 0.3 is 0 Å². The standard InChI is InChI=1S/C17H21N3O4/c1-10(8-15-12(3)19-24-13(15)4)18-17(21)9-14-6-5-7-16(11(14)2)20(22)23/h5-7,10H,8-9H2,1-4H3,(H,18,21). The topological polar surface area (TPSA) is 98.3 Å².